The summed E-state index contributed by atoms with van der Waals surface area (Å²) in [5.74, 6) is 0.544. The predicted octanol–water partition coefficient (Wildman–Crippen LogP) is 4.50. The van der Waals surface area contributed by atoms with E-state index < -0.39 is 0 Å². The second kappa shape index (κ2) is 5.86. The van der Waals surface area contributed by atoms with Gasteiger partial charge in [-0.25, -0.2) is 9.37 Å². The molecule has 1 atom stereocenters. The molecule has 0 amide bonds. The van der Waals surface area contributed by atoms with E-state index in [4.69, 9.17) is 11.6 Å². The Bertz CT molecular complexity index is 662. The first-order valence-corrected chi connectivity index (χ1v) is 8.40. The summed E-state index contributed by atoms with van der Waals surface area (Å²) in [6.45, 7) is 4.03. The standard InChI is InChI=1S/C15H18BrClFN3/c1-9(17)15-19-13-8-12(18)11(16)7-14(13)21(15)10-3-5-20(2)6-4-10/h7-10H,3-6H2,1-2H3. The predicted molar refractivity (Wildman–Crippen MR) is 87.4 cm³/mol. The number of imidazole rings is 1. The summed E-state index contributed by atoms with van der Waals surface area (Å²) in [7, 11) is 2.14. The van der Waals surface area contributed by atoms with Gasteiger partial charge in [-0.05, 0) is 61.9 Å². The molecule has 1 aliphatic heterocycles. The number of rotatable bonds is 2. The smallest absolute Gasteiger partial charge is 0.139 e. The highest BCUT2D eigenvalue weighted by molar-refractivity contribution is 9.10. The normalized spacial score (nSPS) is 19.3. The van der Waals surface area contributed by atoms with E-state index in [0.717, 1.165) is 37.3 Å². The van der Waals surface area contributed by atoms with Crippen molar-refractivity contribution in [1.82, 2.24) is 14.5 Å². The fourth-order valence-corrected chi connectivity index (χ4v) is 3.51. The first-order valence-electron chi connectivity index (χ1n) is 7.17. The first-order chi connectivity index (χ1) is 9.97. The van der Waals surface area contributed by atoms with Gasteiger partial charge in [0.15, 0.2) is 0 Å². The Balaban J connectivity index is 2.14. The molecule has 1 saturated heterocycles. The van der Waals surface area contributed by atoms with Gasteiger partial charge in [0.05, 0.1) is 20.9 Å². The Hall–Kier alpha value is -0.650. The quantitative estimate of drug-likeness (QED) is 0.721. The third kappa shape index (κ3) is 2.83. The topological polar surface area (TPSA) is 21.1 Å². The average molecular weight is 375 g/mol. The van der Waals surface area contributed by atoms with E-state index in [-0.39, 0.29) is 11.2 Å². The van der Waals surface area contributed by atoms with E-state index in [9.17, 15) is 4.39 Å². The maximum atomic E-state index is 13.7. The van der Waals surface area contributed by atoms with Crippen LogP contribution in [-0.2, 0) is 0 Å². The maximum absolute atomic E-state index is 13.7. The zero-order chi connectivity index (χ0) is 15.1. The van der Waals surface area contributed by atoms with Crippen LogP contribution in [0.25, 0.3) is 11.0 Å². The molecule has 0 bridgehead atoms. The monoisotopic (exact) mass is 373 g/mol. The molecule has 0 spiro atoms. The fraction of sp³-hybridized carbons (Fsp3) is 0.533. The van der Waals surface area contributed by atoms with Crippen molar-refractivity contribution in [3.8, 4) is 0 Å². The molecule has 0 N–H and O–H groups in total. The minimum Gasteiger partial charge on any atom is -0.323 e. The van der Waals surface area contributed by atoms with Crippen LogP contribution in [0, 0.1) is 5.82 Å². The van der Waals surface area contributed by atoms with Crippen molar-refractivity contribution in [3.05, 3.63) is 28.2 Å². The van der Waals surface area contributed by atoms with E-state index in [1.165, 1.54) is 6.07 Å². The van der Waals surface area contributed by atoms with Gasteiger partial charge in [-0.3, -0.25) is 0 Å². The zero-order valence-corrected chi connectivity index (χ0v) is 14.5. The minimum absolute atomic E-state index is 0.195. The van der Waals surface area contributed by atoms with Crippen LogP contribution >= 0.6 is 27.5 Å². The Labute approximate surface area is 137 Å². The van der Waals surface area contributed by atoms with Crippen LogP contribution in [0.4, 0.5) is 4.39 Å². The lowest BCUT2D eigenvalue weighted by atomic mass is 10.0. The van der Waals surface area contributed by atoms with Crippen LogP contribution in [-0.4, -0.2) is 34.6 Å². The molecular formula is C15H18BrClFN3. The van der Waals surface area contributed by atoms with Crippen molar-refractivity contribution in [2.75, 3.05) is 20.1 Å². The third-order valence-corrected chi connectivity index (χ3v) is 4.97. The third-order valence-electron chi connectivity index (χ3n) is 4.17. The summed E-state index contributed by atoms with van der Waals surface area (Å²) >= 11 is 9.58. The summed E-state index contributed by atoms with van der Waals surface area (Å²) in [6, 6.07) is 3.67. The number of hydrogen-bond donors (Lipinski definition) is 0. The van der Waals surface area contributed by atoms with Gasteiger partial charge in [-0.2, -0.15) is 0 Å². The largest absolute Gasteiger partial charge is 0.323 e. The minimum atomic E-state index is -0.288. The number of nitrogens with zero attached hydrogens (tertiary/aromatic N) is 3. The summed E-state index contributed by atoms with van der Waals surface area (Å²) in [5.41, 5.74) is 1.64. The number of hydrogen-bond acceptors (Lipinski definition) is 2. The Morgan fingerprint density at radius 1 is 1.38 bits per heavy atom. The molecule has 0 aliphatic carbocycles. The average Bonchev–Trinajstić information content (AvgIpc) is 2.79. The molecule has 1 aromatic heterocycles. The van der Waals surface area contributed by atoms with E-state index in [1.54, 1.807) is 0 Å². The Morgan fingerprint density at radius 3 is 2.67 bits per heavy atom. The number of halogens is 3. The van der Waals surface area contributed by atoms with Gasteiger partial charge in [-0.1, -0.05) is 0 Å². The van der Waals surface area contributed by atoms with Gasteiger partial charge in [0, 0.05) is 12.1 Å². The highest BCUT2D eigenvalue weighted by atomic mass is 79.9. The van der Waals surface area contributed by atoms with Crippen LogP contribution in [0.3, 0.4) is 0 Å². The van der Waals surface area contributed by atoms with E-state index in [1.807, 2.05) is 13.0 Å². The molecule has 0 saturated carbocycles. The highest BCUT2D eigenvalue weighted by Crippen LogP contribution is 2.34. The molecular weight excluding hydrogens is 357 g/mol. The summed E-state index contributed by atoms with van der Waals surface area (Å²) in [5, 5.41) is -0.195. The molecule has 3 nitrogen and oxygen atoms in total. The zero-order valence-electron chi connectivity index (χ0n) is 12.1. The summed E-state index contributed by atoms with van der Waals surface area (Å²) in [4.78, 5) is 6.89. The number of likely N-dealkylation sites (tertiary alicyclic amines) is 1. The van der Waals surface area contributed by atoms with E-state index in [0.29, 0.717) is 16.0 Å². The molecule has 1 fully saturated rings. The van der Waals surface area contributed by atoms with Gasteiger partial charge in [0.2, 0.25) is 0 Å². The summed E-state index contributed by atoms with van der Waals surface area (Å²) in [6.07, 6.45) is 2.13. The molecule has 1 unspecified atom stereocenters. The van der Waals surface area contributed by atoms with E-state index >= 15 is 0 Å². The van der Waals surface area contributed by atoms with Gasteiger partial charge < -0.3 is 9.47 Å². The molecule has 2 heterocycles. The van der Waals surface area contributed by atoms with Crippen LogP contribution in [0.2, 0.25) is 0 Å². The van der Waals surface area contributed by atoms with Crippen molar-refractivity contribution in [2.45, 2.75) is 31.2 Å². The number of fused-ring (bicyclic) bond motifs is 1. The number of piperidine rings is 1. The number of aromatic nitrogens is 2. The number of benzene rings is 1. The van der Waals surface area contributed by atoms with Crippen LogP contribution in [0.1, 0.15) is 37.0 Å². The molecule has 21 heavy (non-hydrogen) atoms. The number of alkyl halides is 1. The van der Waals surface area contributed by atoms with Crippen molar-refractivity contribution in [3.63, 3.8) is 0 Å². The summed E-state index contributed by atoms with van der Waals surface area (Å²) < 4.78 is 16.4. The molecule has 114 valence electrons. The maximum Gasteiger partial charge on any atom is 0.139 e. The van der Waals surface area contributed by atoms with Crippen LogP contribution in [0.5, 0.6) is 0 Å². The first kappa shape index (κ1) is 15.3. The van der Waals surface area contributed by atoms with Crippen molar-refractivity contribution >= 4 is 38.6 Å². The van der Waals surface area contributed by atoms with Crippen LogP contribution < -0.4 is 0 Å². The van der Waals surface area contributed by atoms with Crippen molar-refractivity contribution < 1.29 is 4.39 Å². The molecule has 0 radical (unpaired) electrons. The SMILES string of the molecule is CC(Cl)c1nc2cc(F)c(Br)cc2n1C1CCN(C)CC1. The van der Waals surface area contributed by atoms with Crippen molar-refractivity contribution in [2.24, 2.45) is 0 Å². The second-order valence-electron chi connectivity index (χ2n) is 5.75. The van der Waals surface area contributed by atoms with Gasteiger partial charge in [0.1, 0.15) is 11.6 Å². The lowest BCUT2D eigenvalue weighted by Crippen LogP contribution is -2.32. The molecule has 1 aromatic carbocycles. The fourth-order valence-electron chi connectivity index (χ4n) is 3.03. The second-order valence-corrected chi connectivity index (χ2v) is 7.25. The lowest BCUT2D eigenvalue weighted by Gasteiger charge is -2.31. The Morgan fingerprint density at radius 2 is 2.05 bits per heavy atom. The van der Waals surface area contributed by atoms with Gasteiger partial charge in [0.25, 0.3) is 0 Å². The molecule has 3 rings (SSSR count). The van der Waals surface area contributed by atoms with Gasteiger partial charge >= 0.3 is 0 Å². The molecule has 6 heteroatoms. The lowest BCUT2D eigenvalue weighted by molar-refractivity contribution is 0.221. The Kier molecular flexibility index (Phi) is 4.26. The molecule has 1 aliphatic rings. The molecule has 2 aromatic rings. The highest BCUT2D eigenvalue weighted by Gasteiger charge is 2.25. The van der Waals surface area contributed by atoms with Gasteiger partial charge in [-0.15, -0.1) is 11.6 Å². The van der Waals surface area contributed by atoms with Crippen LogP contribution in [0.15, 0.2) is 16.6 Å². The van der Waals surface area contributed by atoms with Crippen molar-refractivity contribution in [1.29, 1.82) is 0 Å². The van der Waals surface area contributed by atoms with E-state index in [2.05, 4.69) is 37.4 Å².